The van der Waals surface area contributed by atoms with Gasteiger partial charge in [-0.05, 0) is 52.3 Å². The summed E-state index contributed by atoms with van der Waals surface area (Å²) in [5.41, 5.74) is 0.242. The molecule has 1 saturated carbocycles. The quantitative estimate of drug-likeness (QED) is 0.816. The molecule has 1 aliphatic carbocycles. The van der Waals surface area contributed by atoms with Gasteiger partial charge >= 0.3 is 5.97 Å². The van der Waals surface area contributed by atoms with Gasteiger partial charge in [0.15, 0.2) is 0 Å². The molecule has 2 atom stereocenters. The van der Waals surface area contributed by atoms with Gasteiger partial charge in [0, 0.05) is 9.26 Å². The Morgan fingerprint density at radius 2 is 1.78 bits per heavy atom. The van der Waals surface area contributed by atoms with E-state index in [0.29, 0.717) is 5.69 Å². The van der Waals surface area contributed by atoms with Crippen LogP contribution in [0.3, 0.4) is 0 Å². The zero-order valence-electron chi connectivity index (χ0n) is 10.1. The van der Waals surface area contributed by atoms with Crippen molar-refractivity contribution in [2.24, 2.45) is 17.3 Å². The average Bonchev–Trinajstić information content (AvgIpc) is 2.85. The second kappa shape index (κ2) is 4.53. The zero-order chi connectivity index (χ0) is 13.5. The van der Waals surface area contributed by atoms with Crippen LogP contribution >= 0.6 is 22.6 Å². The summed E-state index contributed by atoms with van der Waals surface area (Å²) in [6, 6.07) is 7.40. The molecule has 96 valence electrons. The van der Waals surface area contributed by atoms with E-state index in [1.165, 1.54) is 0 Å². The molecule has 1 aliphatic rings. The van der Waals surface area contributed by atoms with E-state index in [4.69, 9.17) is 5.11 Å². The van der Waals surface area contributed by atoms with Gasteiger partial charge in [-0.1, -0.05) is 13.8 Å². The number of amides is 1. The summed E-state index contributed by atoms with van der Waals surface area (Å²) < 4.78 is 1.08. The minimum Gasteiger partial charge on any atom is -0.481 e. The van der Waals surface area contributed by atoms with Crippen LogP contribution in [0.15, 0.2) is 24.3 Å². The molecule has 1 amide bonds. The van der Waals surface area contributed by atoms with E-state index < -0.39 is 23.2 Å². The predicted molar refractivity (Wildman–Crippen MR) is 76.2 cm³/mol. The van der Waals surface area contributed by atoms with E-state index in [9.17, 15) is 9.59 Å². The molecule has 1 fully saturated rings. The number of carboxylic acids is 1. The van der Waals surface area contributed by atoms with Gasteiger partial charge in [0.2, 0.25) is 5.91 Å². The molecule has 0 aromatic heterocycles. The van der Waals surface area contributed by atoms with Gasteiger partial charge in [0.05, 0.1) is 11.8 Å². The van der Waals surface area contributed by atoms with Crippen LogP contribution in [0.4, 0.5) is 5.69 Å². The first kappa shape index (κ1) is 13.3. The second-order valence-corrected chi connectivity index (χ2v) is 6.36. The molecule has 5 heteroatoms. The van der Waals surface area contributed by atoms with Crippen LogP contribution in [0, 0.1) is 20.8 Å². The van der Waals surface area contributed by atoms with Crippen molar-refractivity contribution in [3.8, 4) is 0 Å². The van der Waals surface area contributed by atoms with E-state index in [2.05, 4.69) is 27.9 Å². The normalized spacial score (nSPS) is 24.4. The Labute approximate surface area is 119 Å². The highest BCUT2D eigenvalue weighted by Gasteiger charge is 2.65. The van der Waals surface area contributed by atoms with Crippen LogP contribution in [0.2, 0.25) is 0 Å². The number of carboxylic acid groups (broad SMARTS) is 1. The summed E-state index contributed by atoms with van der Waals surface area (Å²) >= 11 is 2.18. The number of carbonyl (C=O) groups is 2. The highest BCUT2D eigenvalue weighted by Crippen LogP contribution is 2.58. The fraction of sp³-hybridized carbons (Fsp3) is 0.385. The lowest BCUT2D eigenvalue weighted by Crippen LogP contribution is -2.17. The second-order valence-electron chi connectivity index (χ2n) is 5.11. The third kappa shape index (κ3) is 2.36. The standard InChI is InChI=1S/C13H14INO3/c1-13(2)9(10(13)12(17)18)11(16)15-8-5-3-7(14)4-6-8/h3-6,9-10H,1-2H3,(H,15,16)(H,17,18)/t9-,10+/m1/s1. The average molecular weight is 359 g/mol. The van der Waals surface area contributed by atoms with Crippen molar-refractivity contribution < 1.29 is 14.7 Å². The molecule has 2 rings (SSSR count). The van der Waals surface area contributed by atoms with Crippen LogP contribution in [0.5, 0.6) is 0 Å². The molecule has 4 nitrogen and oxygen atoms in total. The Balaban J connectivity index is 2.06. The number of anilines is 1. The maximum absolute atomic E-state index is 12.0. The fourth-order valence-corrected chi connectivity index (χ4v) is 2.70. The number of aliphatic carboxylic acids is 1. The topological polar surface area (TPSA) is 66.4 Å². The lowest BCUT2D eigenvalue weighted by Gasteiger charge is -2.05. The van der Waals surface area contributed by atoms with Gasteiger partial charge in [0.1, 0.15) is 0 Å². The predicted octanol–water partition coefficient (Wildman–Crippen LogP) is 2.59. The Morgan fingerprint density at radius 3 is 2.22 bits per heavy atom. The van der Waals surface area contributed by atoms with Crippen molar-refractivity contribution in [1.82, 2.24) is 0 Å². The number of hydrogen-bond donors (Lipinski definition) is 2. The molecular formula is C13H14INO3. The van der Waals surface area contributed by atoms with Crippen molar-refractivity contribution in [1.29, 1.82) is 0 Å². The van der Waals surface area contributed by atoms with Gasteiger partial charge in [-0.15, -0.1) is 0 Å². The van der Waals surface area contributed by atoms with Crippen molar-refractivity contribution in [2.45, 2.75) is 13.8 Å². The fourth-order valence-electron chi connectivity index (χ4n) is 2.34. The molecule has 0 spiro atoms. The molecule has 1 aromatic rings. The Morgan fingerprint density at radius 1 is 1.22 bits per heavy atom. The number of rotatable bonds is 3. The summed E-state index contributed by atoms with van der Waals surface area (Å²) in [5, 5.41) is 11.8. The van der Waals surface area contributed by atoms with Gasteiger partial charge in [-0.3, -0.25) is 9.59 Å². The SMILES string of the molecule is CC1(C)[C@H](C(=O)O)[C@@H]1C(=O)Nc1ccc(I)cc1. The minimum atomic E-state index is -0.900. The molecule has 0 radical (unpaired) electrons. The lowest BCUT2D eigenvalue weighted by molar-refractivity contribution is -0.140. The molecule has 1 aromatic carbocycles. The van der Waals surface area contributed by atoms with Crippen molar-refractivity contribution in [3.05, 3.63) is 27.8 Å². The van der Waals surface area contributed by atoms with E-state index in [1.807, 2.05) is 38.1 Å². The van der Waals surface area contributed by atoms with Crippen LogP contribution in [-0.2, 0) is 9.59 Å². The van der Waals surface area contributed by atoms with Crippen molar-refractivity contribution in [2.75, 3.05) is 5.32 Å². The van der Waals surface area contributed by atoms with E-state index in [1.54, 1.807) is 0 Å². The number of nitrogens with one attached hydrogen (secondary N) is 1. The summed E-state index contributed by atoms with van der Waals surface area (Å²) in [6.07, 6.45) is 0. The first-order chi connectivity index (χ1) is 8.34. The molecule has 0 unspecified atom stereocenters. The van der Waals surface area contributed by atoms with E-state index in [-0.39, 0.29) is 5.91 Å². The van der Waals surface area contributed by atoms with Gasteiger partial charge < -0.3 is 10.4 Å². The third-order valence-corrected chi connectivity index (χ3v) is 4.21. The zero-order valence-corrected chi connectivity index (χ0v) is 12.3. The summed E-state index contributed by atoms with van der Waals surface area (Å²) in [4.78, 5) is 23.0. The summed E-state index contributed by atoms with van der Waals surface area (Å²) in [5.74, 6) is -2.15. The van der Waals surface area contributed by atoms with E-state index >= 15 is 0 Å². The lowest BCUT2D eigenvalue weighted by atomic mass is 10.1. The largest absolute Gasteiger partial charge is 0.481 e. The first-order valence-electron chi connectivity index (χ1n) is 5.63. The number of halogens is 1. The Bertz CT molecular complexity index is 495. The number of hydrogen-bond acceptors (Lipinski definition) is 2. The van der Waals surface area contributed by atoms with Gasteiger partial charge in [-0.25, -0.2) is 0 Å². The molecule has 0 heterocycles. The van der Waals surface area contributed by atoms with Crippen molar-refractivity contribution in [3.63, 3.8) is 0 Å². The van der Waals surface area contributed by atoms with Gasteiger partial charge in [0.25, 0.3) is 0 Å². The molecule has 18 heavy (non-hydrogen) atoms. The molecular weight excluding hydrogens is 345 g/mol. The smallest absolute Gasteiger partial charge is 0.307 e. The third-order valence-electron chi connectivity index (χ3n) is 3.49. The monoisotopic (exact) mass is 359 g/mol. The molecule has 2 N–H and O–H groups in total. The Hall–Kier alpha value is -1.11. The van der Waals surface area contributed by atoms with Gasteiger partial charge in [-0.2, -0.15) is 0 Å². The van der Waals surface area contributed by atoms with Crippen LogP contribution in [-0.4, -0.2) is 17.0 Å². The summed E-state index contributed by atoms with van der Waals surface area (Å²) in [6.45, 7) is 3.62. The number of benzene rings is 1. The minimum absolute atomic E-state index is 0.214. The molecule has 0 bridgehead atoms. The maximum atomic E-state index is 12.0. The van der Waals surface area contributed by atoms with E-state index in [0.717, 1.165) is 3.57 Å². The van der Waals surface area contributed by atoms with Crippen molar-refractivity contribution >= 4 is 40.2 Å². The van der Waals surface area contributed by atoms with Crippen LogP contribution in [0.25, 0.3) is 0 Å². The molecule has 0 aliphatic heterocycles. The first-order valence-corrected chi connectivity index (χ1v) is 6.71. The maximum Gasteiger partial charge on any atom is 0.307 e. The highest BCUT2D eigenvalue weighted by atomic mass is 127. The summed E-state index contributed by atoms with van der Waals surface area (Å²) in [7, 11) is 0. The van der Waals surface area contributed by atoms with Crippen LogP contribution in [0.1, 0.15) is 13.8 Å². The Kier molecular flexibility index (Phi) is 3.35. The number of carbonyl (C=O) groups excluding carboxylic acids is 1. The van der Waals surface area contributed by atoms with Crippen LogP contribution < -0.4 is 5.32 Å². The molecule has 0 saturated heterocycles. The highest BCUT2D eigenvalue weighted by molar-refractivity contribution is 14.1.